The summed E-state index contributed by atoms with van der Waals surface area (Å²) in [7, 11) is 1.24. The van der Waals surface area contributed by atoms with E-state index in [0.717, 1.165) is 12.8 Å². The molecule has 1 fully saturated rings. The largest absolute Gasteiger partial charge is 0.507 e. The number of nitrogens with zero attached hydrogens (tertiary/aromatic N) is 3. The second-order valence-electron chi connectivity index (χ2n) is 5.95. The lowest BCUT2D eigenvalue weighted by Crippen LogP contribution is -2.14. The molecule has 1 aliphatic carbocycles. The van der Waals surface area contributed by atoms with E-state index in [1.54, 1.807) is 18.5 Å². The summed E-state index contributed by atoms with van der Waals surface area (Å²) in [6.07, 6.45) is 3.75. The lowest BCUT2D eigenvalue weighted by atomic mass is 10.0. The van der Waals surface area contributed by atoms with Crippen molar-refractivity contribution in [3.8, 4) is 5.75 Å². The van der Waals surface area contributed by atoms with Crippen molar-refractivity contribution in [3.63, 3.8) is 0 Å². The third-order valence-corrected chi connectivity index (χ3v) is 4.26. The Kier molecular flexibility index (Phi) is 3.49. The number of carbonyl (C=O) groups excluding carboxylic acids is 2. The van der Waals surface area contributed by atoms with Gasteiger partial charge in [0.25, 0.3) is 0 Å². The number of phenolic OH excluding ortho intramolecular Hbond substituents is 1. The van der Waals surface area contributed by atoms with Crippen LogP contribution < -0.4 is 0 Å². The molecule has 126 valence electrons. The second-order valence-corrected chi connectivity index (χ2v) is 5.95. The lowest BCUT2D eigenvalue weighted by molar-refractivity contribution is 0.0591. The second kappa shape index (κ2) is 5.70. The van der Waals surface area contributed by atoms with Crippen LogP contribution in [-0.2, 0) is 4.74 Å². The minimum atomic E-state index is -0.704. The molecule has 25 heavy (non-hydrogen) atoms. The molecule has 0 amide bonds. The maximum absolute atomic E-state index is 12.9. The van der Waals surface area contributed by atoms with Gasteiger partial charge in [0.15, 0.2) is 17.1 Å². The molecule has 0 unspecified atom stereocenters. The molecule has 2 heterocycles. The predicted octanol–water partition coefficient (Wildman–Crippen LogP) is 2.49. The molecule has 7 nitrogen and oxygen atoms in total. The van der Waals surface area contributed by atoms with Crippen LogP contribution in [0.5, 0.6) is 5.75 Å². The fraction of sp³-hybridized carbons (Fsp3) is 0.222. The smallest absolute Gasteiger partial charge is 0.357 e. The molecule has 0 spiro atoms. The summed E-state index contributed by atoms with van der Waals surface area (Å²) in [6, 6.07) is 8.03. The quantitative estimate of drug-likeness (QED) is 0.580. The molecule has 1 N–H and O–H groups in total. The van der Waals surface area contributed by atoms with Gasteiger partial charge in [-0.3, -0.25) is 4.79 Å². The lowest BCUT2D eigenvalue weighted by Gasteiger charge is -2.09. The van der Waals surface area contributed by atoms with Crippen LogP contribution in [0.15, 0.2) is 36.7 Å². The van der Waals surface area contributed by atoms with Crippen molar-refractivity contribution in [2.75, 3.05) is 7.11 Å². The number of ether oxygens (including phenoxy) is 1. The number of methoxy groups -OCH3 is 1. The van der Waals surface area contributed by atoms with Crippen LogP contribution in [0.25, 0.3) is 11.2 Å². The van der Waals surface area contributed by atoms with Gasteiger partial charge in [-0.1, -0.05) is 12.1 Å². The number of para-hydroxylation sites is 1. The molecule has 0 aliphatic heterocycles. The topological polar surface area (TPSA) is 94.3 Å². The minimum absolute atomic E-state index is 0.0573. The van der Waals surface area contributed by atoms with E-state index in [4.69, 9.17) is 4.74 Å². The maximum atomic E-state index is 12.9. The Balaban J connectivity index is 1.91. The standard InChI is InChI=1S/C18H15N3O4/c1-25-18(24)15-12(16(23)11-4-2-3-5-14(11)22)8-13-17(20-15)21(9-19-13)10-6-7-10/h2-5,8-10,22H,6-7H2,1H3. The van der Waals surface area contributed by atoms with Gasteiger partial charge in [-0.2, -0.15) is 0 Å². The van der Waals surface area contributed by atoms with Crippen LogP contribution in [0.1, 0.15) is 45.3 Å². The van der Waals surface area contributed by atoms with Gasteiger partial charge in [0.1, 0.15) is 11.3 Å². The highest BCUT2D eigenvalue weighted by atomic mass is 16.5. The molecule has 4 rings (SSSR count). The average molecular weight is 337 g/mol. The van der Waals surface area contributed by atoms with Crippen LogP contribution in [0.2, 0.25) is 0 Å². The molecule has 3 aromatic rings. The Morgan fingerprint density at radius 3 is 2.68 bits per heavy atom. The molecular formula is C18H15N3O4. The van der Waals surface area contributed by atoms with Crippen molar-refractivity contribution < 1.29 is 19.4 Å². The summed E-state index contributed by atoms with van der Waals surface area (Å²) < 4.78 is 6.70. The molecule has 0 bridgehead atoms. The predicted molar refractivity (Wildman–Crippen MR) is 88.7 cm³/mol. The SMILES string of the molecule is COC(=O)c1nc2c(cc1C(=O)c1ccccc1O)ncn2C1CC1. The van der Waals surface area contributed by atoms with E-state index in [1.807, 2.05) is 4.57 Å². The third-order valence-electron chi connectivity index (χ3n) is 4.26. The number of aromatic hydroxyl groups is 1. The number of esters is 1. The van der Waals surface area contributed by atoms with E-state index in [1.165, 1.54) is 25.3 Å². The van der Waals surface area contributed by atoms with Gasteiger partial charge in [-0.05, 0) is 31.0 Å². The van der Waals surface area contributed by atoms with Gasteiger partial charge in [0.2, 0.25) is 0 Å². The number of pyridine rings is 1. The minimum Gasteiger partial charge on any atom is -0.507 e. The van der Waals surface area contributed by atoms with E-state index in [0.29, 0.717) is 17.2 Å². The van der Waals surface area contributed by atoms with Crippen molar-refractivity contribution in [1.29, 1.82) is 0 Å². The fourth-order valence-corrected chi connectivity index (χ4v) is 2.81. The zero-order chi connectivity index (χ0) is 17.6. The third kappa shape index (κ3) is 2.53. The van der Waals surface area contributed by atoms with Gasteiger partial charge >= 0.3 is 5.97 Å². The summed E-state index contributed by atoms with van der Waals surface area (Å²) in [5, 5.41) is 9.95. The van der Waals surface area contributed by atoms with E-state index < -0.39 is 11.8 Å². The molecule has 0 saturated heterocycles. The maximum Gasteiger partial charge on any atom is 0.357 e. The molecule has 1 aromatic carbocycles. The molecule has 1 saturated carbocycles. The summed E-state index contributed by atoms with van der Waals surface area (Å²) in [6.45, 7) is 0. The molecule has 0 atom stereocenters. The Hall–Kier alpha value is -3.22. The average Bonchev–Trinajstić information content (AvgIpc) is 3.39. The van der Waals surface area contributed by atoms with E-state index in [-0.39, 0.29) is 22.6 Å². The number of aromatic nitrogens is 3. The number of fused-ring (bicyclic) bond motifs is 1. The number of phenols is 1. The number of carbonyl (C=O) groups is 2. The van der Waals surface area contributed by atoms with Crippen LogP contribution in [0.3, 0.4) is 0 Å². The van der Waals surface area contributed by atoms with Crippen LogP contribution >= 0.6 is 0 Å². The summed E-state index contributed by atoms with van der Waals surface area (Å²) in [5.41, 5.74) is 1.15. The first-order chi connectivity index (χ1) is 12.1. The van der Waals surface area contributed by atoms with Crippen LogP contribution in [0, 0.1) is 0 Å². The number of ketones is 1. The first-order valence-corrected chi connectivity index (χ1v) is 7.88. The van der Waals surface area contributed by atoms with Crippen LogP contribution in [0.4, 0.5) is 0 Å². The first kappa shape index (κ1) is 15.3. The molecule has 0 radical (unpaired) electrons. The van der Waals surface area contributed by atoms with Crippen molar-refractivity contribution >= 4 is 22.9 Å². The summed E-state index contributed by atoms with van der Waals surface area (Å²) in [4.78, 5) is 33.7. The van der Waals surface area contributed by atoms with Gasteiger partial charge in [-0.15, -0.1) is 0 Å². The van der Waals surface area contributed by atoms with E-state index in [2.05, 4.69) is 9.97 Å². The monoisotopic (exact) mass is 337 g/mol. The Bertz CT molecular complexity index is 1000. The highest BCUT2D eigenvalue weighted by molar-refractivity contribution is 6.16. The number of rotatable bonds is 4. The van der Waals surface area contributed by atoms with Gasteiger partial charge in [-0.25, -0.2) is 14.8 Å². The summed E-state index contributed by atoms with van der Waals surface area (Å²) in [5.74, 6) is -1.37. The van der Waals surface area contributed by atoms with Gasteiger partial charge < -0.3 is 14.4 Å². The Morgan fingerprint density at radius 2 is 2.00 bits per heavy atom. The molecular weight excluding hydrogens is 322 g/mol. The number of hydrogen-bond donors (Lipinski definition) is 1. The number of imidazole rings is 1. The highest BCUT2D eigenvalue weighted by Gasteiger charge is 2.29. The van der Waals surface area contributed by atoms with Crippen molar-refractivity contribution in [3.05, 3.63) is 53.5 Å². The van der Waals surface area contributed by atoms with E-state index in [9.17, 15) is 14.7 Å². The molecule has 1 aliphatic rings. The Morgan fingerprint density at radius 1 is 1.24 bits per heavy atom. The normalized spacial score (nSPS) is 13.8. The number of benzene rings is 1. The fourth-order valence-electron chi connectivity index (χ4n) is 2.81. The van der Waals surface area contributed by atoms with Crippen molar-refractivity contribution in [2.24, 2.45) is 0 Å². The van der Waals surface area contributed by atoms with Crippen molar-refractivity contribution in [2.45, 2.75) is 18.9 Å². The zero-order valence-corrected chi connectivity index (χ0v) is 13.5. The van der Waals surface area contributed by atoms with Crippen LogP contribution in [-0.4, -0.2) is 38.5 Å². The molecule has 2 aromatic heterocycles. The van der Waals surface area contributed by atoms with E-state index >= 15 is 0 Å². The van der Waals surface area contributed by atoms with Gasteiger partial charge in [0, 0.05) is 6.04 Å². The highest BCUT2D eigenvalue weighted by Crippen LogP contribution is 2.37. The summed E-state index contributed by atoms with van der Waals surface area (Å²) >= 11 is 0. The Labute approximate surface area is 142 Å². The first-order valence-electron chi connectivity index (χ1n) is 7.88. The zero-order valence-electron chi connectivity index (χ0n) is 13.5. The molecule has 7 heteroatoms. The van der Waals surface area contributed by atoms with Gasteiger partial charge in [0.05, 0.1) is 24.6 Å². The number of hydrogen-bond acceptors (Lipinski definition) is 6. The van der Waals surface area contributed by atoms with Crippen molar-refractivity contribution in [1.82, 2.24) is 14.5 Å².